The third-order valence-corrected chi connectivity index (χ3v) is 3.64. The van der Waals surface area contributed by atoms with Crippen LogP contribution in [0.25, 0.3) is 11.0 Å². The Kier molecular flexibility index (Phi) is 5.33. The number of aliphatic carboxylic acids is 1. The molecule has 2 rings (SSSR count). The molecule has 0 radical (unpaired) electrons. The number of allylic oxidation sites excluding steroid dienone is 1. The highest BCUT2D eigenvalue weighted by atomic mass is 16.4. The number of carbonyl (C=O) groups excluding carboxylic acids is 1. The summed E-state index contributed by atoms with van der Waals surface area (Å²) in [5, 5.41) is 16.7. The van der Waals surface area contributed by atoms with E-state index in [9.17, 15) is 14.7 Å². The van der Waals surface area contributed by atoms with Gasteiger partial charge in [-0.1, -0.05) is 12.2 Å². The number of carbonyl (C=O) groups is 2. The summed E-state index contributed by atoms with van der Waals surface area (Å²) in [4.78, 5) is 28.4. The number of fused-ring (bicyclic) bond motifs is 1. The minimum absolute atomic E-state index is 0.106. The zero-order chi connectivity index (χ0) is 17.9. The molecule has 1 atom stereocenters. The first-order valence-corrected chi connectivity index (χ1v) is 7.84. The van der Waals surface area contributed by atoms with Crippen LogP contribution in [-0.2, 0) is 4.79 Å². The van der Waals surface area contributed by atoms with E-state index in [1.54, 1.807) is 42.9 Å². The zero-order valence-corrected chi connectivity index (χ0v) is 14.3. The summed E-state index contributed by atoms with van der Waals surface area (Å²) in [6.07, 6.45) is 5.29. The van der Waals surface area contributed by atoms with Crippen molar-refractivity contribution in [2.24, 2.45) is 0 Å². The molecule has 0 bridgehead atoms. The molecular formula is C17H22N4O3. The van der Waals surface area contributed by atoms with Crippen molar-refractivity contribution in [1.29, 1.82) is 0 Å². The predicted molar refractivity (Wildman–Crippen MR) is 91.0 cm³/mol. The van der Waals surface area contributed by atoms with E-state index in [0.717, 1.165) is 0 Å². The summed E-state index contributed by atoms with van der Waals surface area (Å²) in [5.74, 6) is -1.51. The lowest BCUT2D eigenvalue weighted by Crippen LogP contribution is -2.40. The highest BCUT2D eigenvalue weighted by Gasteiger charge is 2.22. The second-order valence-corrected chi connectivity index (χ2v) is 5.90. The van der Waals surface area contributed by atoms with E-state index in [2.05, 4.69) is 15.4 Å². The summed E-state index contributed by atoms with van der Waals surface area (Å²) >= 11 is 0. The Bertz CT molecular complexity index is 792. The molecule has 2 aromatic heterocycles. The second kappa shape index (κ2) is 7.25. The van der Waals surface area contributed by atoms with E-state index in [4.69, 9.17) is 0 Å². The van der Waals surface area contributed by atoms with Crippen LogP contribution in [0.15, 0.2) is 24.4 Å². The molecule has 0 spiro atoms. The van der Waals surface area contributed by atoms with E-state index >= 15 is 0 Å². The van der Waals surface area contributed by atoms with Crippen molar-refractivity contribution >= 4 is 22.9 Å². The number of hydrogen-bond donors (Lipinski definition) is 2. The minimum atomic E-state index is -1.07. The van der Waals surface area contributed by atoms with Crippen molar-refractivity contribution in [2.75, 3.05) is 0 Å². The van der Waals surface area contributed by atoms with Crippen molar-refractivity contribution in [3.63, 3.8) is 0 Å². The molecule has 1 amide bonds. The molecule has 1 unspecified atom stereocenters. The SMILES string of the molecule is C/C=C/CC(NC(=O)c1cc(C)nc2c1cnn2C(C)C)C(=O)O. The maximum Gasteiger partial charge on any atom is 0.326 e. The molecule has 0 fully saturated rings. The zero-order valence-electron chi connectivity index (χ0n) is 14.3. The van der Waals surface area contributed by atoms with Gasteiger partial charge in [-0.25, -0.2) is 14.5 Å². The Morgan fingerprint density at radius 1 is 1.42 bits per heavy atom. The average molecular weight is 330 g/mol. The molecule has 0 aliphatic carbocycles. The van der Waals surface area contributed by atoms with Crippen LogP contribution in [0.5, 0.6) is 0 Å². The van der Waals surface area contributed by atoms with E-state index in [1.807, 2.05) is 13.8 Å². The van der Waals surface area contributed by atoms with Gasteiger partial charge in [0.2, 0.25) is 0 Å². The molecule has 128 valence electrons. The van der Waals surface area contributed by atoms with Crippen molar-refractivity contribution in [3.8, 4) is 0 Å². The van der Waals surface area contributed by atoms with Gasteiger partial charge in [-0.2, -0.15) is 5.10 Å². The summed E-state index contributed by atoms with van der Waals surface area (Å²) in [6.45, 7) is 7.56. The largest absolute Gasteiger partial charge is 0.480 e. The van der Waals surface area contributed by atoms with Gasteiger partial charge in [0.25, 0.3) is 5.91 Å². The summed E-state index contributed by atoms with van der Waals surface area (Å²) in [5.41, 5.74) is 1.68. The highest BCUT2D eigenvalue weighted by Crippen LogP contribution is 2.21. The normalized spacial score (nSPS) is 12.9. The van der Waals surface area contributed by atoms with Gasteiger partial charge in [0.1, 0.15) is 6.04 Å². The Morgan fingerprint density at radius 2 is 2.12 bits per heavy atom. The summed E-state index contributed by atoms with van der Waals surface area (Å²) in [7, 11) is 0. The van der Waals surface area contributed by atoms with Crippen molar-refractivity contribution in [1.82, 2.24) is 20.1 Å². The Hall–Kier alpha value is -2.70. The number of nitrogens with one attached hydrogen (secondary N) is 1. The number of carboxylic acid groups (broad SMARTS) is 1. The van der Waals surface area contributed by atoms with Gasteiger partial charge in [0.05, 0.1) is 17.1 Å². The molecule has 0 saturated carbocycles. The van der Waals surface area contributed by atoms with Gasteiger partial charge >= 0.3 is 5.97 Å². The Morgan fingerprint density at radius 3 is 2.71 bits per heavy atom. The fourth-order valence-corrected chi connectivity index (χ4v) is 2.44. The highest BCUT2D eigenvalue weighted by molar-refractivity contribution is 6.06. The van der Waals surface area contributed by atoms with Gasteiger partial charge in [0.15, 0.2) is 5.65 Å². The number of amides is 1. The van der Waals surface area contributed by atoms with E-state index < -0.39 is 17.9 Å². The van der Waals surface area contributed by atoms with Crippen molar-refractivity contribution < 1.29 is 14.7 Å². The smallest absolute Gasteiger partial charge is 0.326 e. The van der Waals surface area contributed by atoms with Gasteiger partial charge < -0.3 is 10.4 Å². The average Bonchev–Trinajstić information content (AvgIpc) is 2.93. The second-order valence-electron chi connectivity index (χ2n) is 5.90. The van der Waals surface area contributed by atoms with Gasteiger partial charge in [0, 0.05) is 11.7 Å². The topological polar surface area (TPSA) is 97.1 Å². The number of aryl methyl sites for hydroxylation is 1. The fraction of sp³-hybridized carbons (Fsp3) is 0.412. The fourth-order valence-electron chi connectivity index (χ4n) is 2.44. The van der Waals surface area contributed by atoms with Crippen LogP contribution in [0.1, 0.15) is 49.3 Å². The summed E-state index contributed by atoms with van der Waals surface area (Å²) < 4.78 is 1.74. The lowest BCUT2D eigenvalue weighted by Gasteiger charge is -2.14. The van der Waals surface area contributed by atoms with Crippen LogP contribution in [0.3, 0.4) is 0 Å². The van der Waals surface area contributed by atoms with E-state index in [0.29, 0.717) is 22.3 Å². The number of pyridine rings is 1. The molecule has 24 heavy (non-hydrogen) atoms. The van der Waals surface area contributed by atoms with Crippen LogP contribution in [-0.4, -0.2) is 37.8 Å². The number of nitrogens with zero attached hydrogens (tertiary/aromatic N) is 3. The lowest BCUT2D eigenvalue weighted by molar-refractivity contribution is -0.139. The molecule has 2 aromatic rings. The molecular weight excluding hydrogens is 308 g/mol. The molecule has 7 nitrogen and oxygen atoms in total. The molecule has 0 aliphatic rings. The first kappa shape index (κ1) is 17.7. The first-order chi connectivity index (χ1) is 11.3. The molecule has 0 saturated heterocycles. The van der Waals surface area contributed by atoms with E-state index in [-0.39, 0.29) is 12.5 Å². The monoisotopic (exact) mass is 330 g/mol. The van der Waals surface area contributed by atoms with Gasteiger partial charge in [-0.3, -0.25) is 4.79 Å². The third kappa shape index (κ3) is 3.61. The van der Waals surface area contributed by atoms with Crippen LogP contribution in [0.2, 0.25) is 0 Å². The van der Waals surface area contributed by atoms with Crippen molar-refractivity contribution in [3.05, 3.63) is 35.7 Å². The van der Waals surface area contributed by atoms with Crippen LogP contribution >= 0.6 is 0 Å². The molecule has 7 heteroatoms. The standard InChI is InChI=1S/C17H22N4O3/c1-5-6-7-14(17(23)24)20-16(22)12-8-11(4)19-15-13(12)9-18-21(15)10(2)3/h5-6,8-10,14H,7H2,1-4H3,(H,20,22)(H,23,24)/b6-5+. The number of carboxylic acids is 1. The maximum absolute atomic E-state index is 12.6. The van der Waals surface area contributed by atoms with E-state index in [1.165, 1.54) is 0 Å². The number of aromatic nitrogens is 3. The first-order valence-electron chi connectivity index (χ1n) is 7.84. The van der Waals surface area contributed by atoms with Crippen LogP contribution in [0.4, 0.5) is 0 Å². The minimum Gasteiger partial charge on any atom is -0.480 e. The molecule has 0 aliphatic heterocycles. The van der Waals surface area contributed by atoms with Gasteiger partial charge in [-0.15, -0.1) is 0 Å². The van der Waals surface area contributed by atoms with Crippen LogP contribution in [0, 0.1) is 6.92 Å². The Labute approximate surface area is 140 Å². The van der Waals surface area contributed by atoms with Crippen LogP contribution < -0.4 is 5.32 Å². The molecule has 0 aromatic carbocycles. The lowest BCUT2D eigenvalue weighted by atomic mass is 10.1. The van der Waals surface area contributed by atoms with Gasteiger partial charge in [-0.05, 0) is 40.2 Å². The third-order valence-electron chi connectivity index (χ3n) is 3.64. The Balaban J connectivity index is 2.40. The summed E-state index contributed by atoms with van der Waals surface area (Å²) in [6, 6.07) is 0.782. The predicted octanol–water partition coefficient (Wildman–Crippen LogP) is 2.47. The number of hydrogen-bond acceptors (Lipinski definition) is 4. The molecule has 2 N–H and O–H groups in total. The quantitative estimate of drug-likeness (QED) is 0.793. The number of rotatable bonds is 6. The molecule has 2 heterocycles. The van der Waals surface area contributed by atoms with Crippen molar-refractivity contribution in [2.45, 2.75) is 46.2 Å². The maximum atomic E-state index is 12.6.